The molecule has 29 heavy (non-hydrogen) atoms. The highest BCUT2D eigenvalue weighted by molar-refractivity contribution is 5.99. The molecule has 6 nitrogen and oxygen atoms in total. The maximum Gasteiger partial charge on any atom is 0.338 e. The minimum Gasteiger partial charge on any atom is -0.454 e. The molecule has 0 aliphatic rings. The minimum atomic E-state index is -0.523. The first kappa shape index (κ1) is 18.3. The van der Waals surface area contributed by atoms with Crippen LogP contribution in [0.15, 0.2) is 91.1 Å². The number of ether oxygens (including phenoxy) is 1. The number of carbonyl (C=O) groups excluding carboxylic acids is 2. The van der Waals surface area contributed by atoms with E-state index in [0.29, 0.717) is 11.1 Å². The van der Waals surface area contributed by atoms with Crippen LogP contribution in [0.1, 0.15) is 20.7 Å². The molecule has 0 bridgehead atoms. The zero-order valence-corrected chi connectivity index (χ0v) is 15.4. The Morgan fingerprint density at radius 1 is 0.793 bits per heavy atom. The van der Waals surface area contributed by atoms with Gasteiger partial charge < -0.3 is 4.74 Å². The fourth-order valence-corrected chi connectivity index (χ4v) is 2.89. The van der Waals surface area contributed by atoms with Crippen LogP contribution in [0.4, 0.5) is 0 Å². The third-order valence-corrected chi connectivity index (χ3v) is 4.40. The van der Waals surface area contributed by atoms with Gasteiger partial charge in [-0.1, -0.05) is 53.7 Å². The first-order valence-electron chi connectivity index (χ1n) is 9.04. The predicted octanol–water partition coefficient (Wildman–Crippen LogP) is 3.97. The molecule has 0 atom stereocenters. The summed E-state index contributed by atoms with van der Waals surface area (Å²) >= 11 is 0. The molecule has 0 radical (unpaired) electrons. The number of rotatable bonds is 6. The molecule has 0 aliphatic heterocycles. The number of ketones is 1. The van der Waals surface area contributed by atoms with E-state index in [4.69, 9.17) is 4.74 Å². The van der Waals surface area contributed by atoms with Crippen LogP contribution in [0, 0.1) is 0 Å². The number of carbonyl (C=O) groups is 2. The Kier molecular flexibility index (Phi) is 5.25. The van der Waals surface area contributed by atoms with Crippen LogP contribution in [0.2, 0.25) is 0 Å². The molecule has 0 fully saturated rings. The fourth-order valence-electron chi connectivity index (χ4n) is 2.89. The summed E-state index contributed by atoms with van der Waals surface area (Å²) in [6.07, 6.45) is 1.69. The molecule has 0 saturated heterocycles. The second-order valence-electron chi connectivity index (χ2n) is 6.31. The molecule has 1 heterocycles. The lowest BCUT2D eigenvalue weighted by atomic mass is 10.1. The molecule has 4 rings (SSSR count). The summed E-state index contributed by atoms with van der Waals surface area (Å²) in [5, 5.41) is 8.14. The molecule has 4 aromatic rings. The number of hydrogen-bond donors (Lipinski definition) is 0. The second-order valence-corrected chi connectivity index (χ2v) is 6.31. The Bertz CT molecular complexity index is 1120. The summed E-state index contributed by atoms with van der Waals surface area (Å²) in [5.41, 5.74) is 3.48. The normalized spacial score (nSPS) is 10.5. The van der Waals surface area contributed by atoms with Crippen molar-refractivity contribution in [1.82, 2.24) is 15.0 Å². The van der Waals surface area contributed by atoms with Gasteiger partial charge >= 0.3 is 5.97 Å². The third-order valence-electron chi connectivity index (χ3n) is 4.40. The van der Waals surface area contributed by atoms with Gasteiger partial charge in [0, 0.05) is 11.1 Å². The molecule has 0 unspecified atom stereocenters. The average molecular weight is 383 g/mol. The third kappa shape index (κ3) is 4.11. The van der Waals surface area contributed by atoms with Gasteiger partial charge in [0.2, 0.25) is 0 Å². The van der Waals surface area contributed by atoms with Gasteiger partial charge in [0.15, 0.2) is 12.4 Å². The standard InChI is InChI=1S/C23H17N3O3/c27-22(16-29-23(28)19-9-5-2-6-10-19)18-11-13-20(14-12-18)26-21(15-24-25-26)17-7-3-1-4-8-17/h1-15H,16H2. The van der Waals surface area contributed by atoms with Gasteiger partial charge in [-0.2, -0.15) is 0 Å². The second kappa shape index (κ2) is 8.31. The molecular weight excluding hydrogens is 366 g/mol. The summed E-state index contributed by atoms with van der Waals surface area (Å²) in [6.45, 7) is -0.314. The zero-order valence-electron chi connectivity index (χ0n) is 15.4. The van der Waals surface area contributed by atoms with Gasteiger partial charge in [-0.25, -0.2) is 9.48 Å². The molecule has 0 saturated carbocycles. The van der Waals surface area contributed by atoms with Crippen molar-refractivity contribution in [3.8, 4) is 16.9 Å². The number of benzene rings is 3. The summed E-state index contributed by atoms with van der Waals surface area (Å²) in [6, 6.07) is 25.3. The topological polar surface area (TPSA) is 74.1 Å². The molecule has 6 heteroatoms. The molecule has 0 amide bonds. The Hall–Kier alpha value is -4.06. The van der Waals surface area contributed by atoms with E-state index in [1.165, 1.54) is 0 Å². The molecule has 142 valence electrons. The smallest absolute Gasteiger partial charge is 0.338 e. The maximum absolute atomic E-state index is 12.4. The predicted molar refractivity (Wildman–Crippen MR) is 108 cm³/mol. The number of aromatic nitrogens is 3. The minimum absolute atomic E-state index is 0.275. The lowest BCUT2D eigenvalue weighted by molar-refractivity contribution is 0.0475. The van der Waals surface area contributed by atoms with E-state index in [-0.39, 0.29) is 12.4 Å². The number of Topliss-reactive ketones (excluding diaryl/α,β-unsaturated/α-hetero) is 1. The SMILES string of the molecule is O=C(COC(=O)c1ccccc1)c1ccc(-n2nncc2-c2ccccc2)cc1. The first-order valence-corrected chi connectivity index (χ1v) is 9.04. The molecular formula is C23H17N3O3. The Labute approximate surface area is 167 Å². The largest absolute Gasteiger partial charge is 0.454 e. The van der Waals surface area contributed by atoms with Crippen LogP contribution < -0.4 is 0 Å². The van der Waals surface area contributed by atoms with Gasteiger partial charge in [-0.15, -0.1) is 5.10 Å². The van der Waals surface area contributed by atoms with Crippen molar-refractivity contribution < 1.29 is 14.3 Å². The Morgan fingerprint density at radius 3 is 2.14 bits per heavy atom. The maximum atomic E-state index is 12.4. The highest BCUT2D eigenvalue weighted by Crippen LogP contribution is 2.21. The lowest BCUT2D eigenvalue weighted by Crippen LogP contribution is -2.14. The van der Waals surface area contributed by atoms with Crippen molar-refractivity contribution in [3.05, 3.63) is 102 Å². The van der Waals surface area contributed by atoms with Crippen LogP contribution in [0.5, 0.6) is 0 Å². The highest BCUT2D eigenvalue weighted by Gasteiger charge is 2.13. The number of nitrogens with zero attached hydrogens (tertiary/aromatic N) is 3. The van der Waals surface area contributed by atoms with Crippen molar-refractivity contribution in [2.24, 2.45) is 0 Å². The van der Waals surface area contributed by atoms with Crippen LogP contribution in [-0.2, 0) is 4.74 Å². The monoisotopic (exact) mass is 383 g/mol. The van der Waals surface area contributed by atoms with Crippen molar-refractivity contribution >= 4 is 11.8 Å². The van der Waals surface area contributed by atoms with E-state index in [2.05, 4.69) is 10.3 Å². The zero-order chi connectivity index (χ0) is 20.1. The quantitative estimate of drug-likeness (QED) is 0.372. The molecule has 1 aromatic heterocycles. The van der Waals surface area contributed by atoms with E-state index in [0.717, 1.165) is 16.9 Å². The van der Waals surface area contributed by atoms with E-state index in [9.17, 15) is 9.59 Å². The molecule has 0 spiro atoms. The summed E-state index contributed by atoms with van der Waals surface area (Å²) in [4.78, 5) is 24.3. The van der Waals surface area contributed by atoms with Crippen molar-refractivity contribution in [1.29, 1.82) is 0 Å². The number of hydrogen-bond acceptors (Lipinski definition) is 5. The molecule has 0 aliphatic carbocycles. The Morgan fingerprint density at radius 2 is 1.45 bits per heavy atom. The average Bonchev–Trinajstić information content (AvgIpc) is 3.28. The van der Waals surface area contributed by atoms with Crippen LogP contribution in [-0.4, -0.2) is 33.4 Å². The van der Waals surface area contributed by atoms with Gasteiger partial charge in [0.1, 0.15) is 0 Å². The van der Waals surface area contributed by atoms with Gasteiger partial charge in [0.25, 0.3) is 0 Å². The van der Waals surface area contributed by atoms with E-state index in [1.54, 1.807) is 59.4 Å². The van der Waals surface area contributed by atoms with E-state index >= 15 is 0 Å². The van der Waals surface area contributed by atoms with Gasteiger partial charge in [-0.05, 0) is 36.4 Å². The lowest BCUT2D eigenvalue weighted by Gasteiger charge is -2.08. The summed E-state index contributed by atoms with van der Waals surface area (Å²) in [7, 11) is 0. The van der Waals surface area contributed by atoms with Gasteiger partial charge in [0.05, 0.1) is 23.1 Å². The van der Waals surface area contributed by atoms with E-state index in [1.807, 2.05) is 36.4 Å². The first-order chi connectivity index (χ1) is 14.2. The molecule has 3 aromatic carbocycles. The van der Waals surface area contributed by atoms with Gasteiger partial charge in [-0.3, -0.25) is 4.79 Å². The summed E-state index contributed by atoms with van der Waals surface area (Å²) in [5.74, 6) is -0.798. The van der Waals surface area contributed by atoms with Crippen LogP contribution >= 0.6 is 0 Å². The number of esters is 1. The van der Waals surface area contributed by atoms with Crippen LogP contribution in [0.25, 0.3) is 16.9 Å². The fraction of sp³-hybridized carbons (Fsp3) is 0.0435. The molecule has 0 N–H and O–H groups in total. The summed E-state index contributed by atoms with van der Waals surface area (Å²) < 4.78 is 6.82. The van der Waals surface area contributed by atoms with Crippen LogP contribution in [0.3, 0.4) is 0 Å². The highest BCUT2D eigenvalue weighted by atomic mass is 16.5. The Balaban J connectivity index is 1.45. The van der Waals surface area contributed by atoms with E-state index < -0.39 is 5.97 Å². The van der Waals surface area contributed by atoms with Crippen molar-refractivity contribution in [2.75, 3.05) is 6.61 Å². The van der Waals surface area contributed by atoms with Crippen molar-refractivity contribution in [3.63, 3.8) is 0 Å². The van der Waals surface area contributed by atoms with Crippen molar-refractivity contribution in [2.45, 2.75) is 0 Å².